The molecule has 0 spiro atoms. The van der Waals surface area contributed by atoms with Gasteiger partial charge >= 0.3 is 6.03 Å². The Labute approximate surface area is 125 Å². The summed E-state index contributed by atoms with van der Waals surface area (Å²) in [6.45, 7) is 2.04. The van der Waals surface area contributed by atoms with Gasteiger partial charge < -0.3 is 16.4 Å². The Balaban J connectivity index is 1.91. The lowest BCUT2D eigenvalue weighted by Gasteiger charge is -2.27. The first-order valence-electron chi connectivity index (χ1n) is 6.98. The van der Waals surface area contributed by atoms with E-state index in [0.717, 1.165) is 5.56 Å². The fourth-order valence-electron chi connectivity index (χ4n) is 2.50. The van der Waals surface area contributed by atoms with E-state index in [2.05, 4.69) is 10.6 Å². The van der Waals surface area contributed by atoms with E-state index in [4.69, 9.17) is 5.73 Å². The summed E-state index contributed by atoms with van der Waals surface area (Å²) in [5, 5.41) is 5.97. The van der Waals surface area contributed by atoms with Crippen LogP contribution in [0.25, 0.3) is 0 Å². The van der Waals surface area contributed by atoms with Crippen molar-refractivity contribution in [1.29, 1.82) is 0 Å². The topological polar surface area (TPSA) is 101 Å². The summed E-state index contributed by atoms with van der Waals surface area (Å²) in [6, 6.07) is 7.20. The first-order chi connectivity index (χ1) is 9.85. The second-order valence-corrected chi connectivity index (χ2v) is 7.73. The maximum Gasteiger partial charge on any atom is 0.316 e. The van der Waals surface area contributed by atoms with Crippen molar-refractivity contribution in [2.75, 3.05) is 16.8 Å². The van der Waals surface area contributed by atoms with Gasteiger partial charge in [0.15, 0.2) is 0 Å². The van der Waals surface area contributed by atoms with Crippen molar-refractivity contribution in [1.82, 2.24) is 5.32 Å². The molecular formula is C14H21N3O3S. The average Bonchev–Trinajstić information content (AvgIpc) is 2.41. The van der Waals surface area contributed by atoms with Crippen LogP contribution in [0.1, 0.15) is 31.4 Å². The third-order valence-corrected chi connectivity index (χ3v) is 5.43. The lowest BCUT2D eigenvalue weighted by molar-refractivity contribution is 0.259. The van der Waals surface area contributed by atoms with Gasteiger partial charge in [-0.1, -0.05) is 12.1 Å². The molecular weight excluding hydrogens is 290 g/mol. The summed E-state index contributed by atoms with van der Waals surface area (Å²) in [7, 11) is -2.83. The number of carbonyl (C=O) groups is 1. The van der Waals surface area contributed by atoms with E-state index in [1.807, 2.05) is 19.1 Å². The van der Waals surface area contributed by atoms with Gasteiger partial charge in [-0.05, 0) is 37.5 Å². The van der Waals surface area contributed by atoms with E-state index in [1.165, 1.54) is 0 Å². The fourth-order valence-corrected chi connectivity index (χ4v) is 4.00. The van der Waals surface area contributed by atoms with Crippen LogP contribution >= 0.6 is 0 Å². The number of benzene rings is 1. The molecule has 0 aromatic heterocycles. The molecule has 1 aromatic rings. The molecule has 1 unspecified atom stereocenters. The van der Waals surface area contributed by atoms with Crippen molar-refractivity contribution in [2.45, 2.75) is 31.8 Å². The highest BCUT2D eigenvalue weighted by molar-refractivity contribution is 7.91. The highest BCUT2D eigenvalue weighted by Gasteiger charge is 2.24. The van der Waals surface area contributed by atoms with E-state index in [9.17, 15) is 13.2 Å². The van der Waals surface area contributed by atoms with Crippen molar-refractivity contribution in [3.05, 3.63) is 29.8 Å². The SMILES string of the molecule is CC(NC1CCS(=O)(=O)CC1)c1ccc(NC(N)=O)cc1. The number of primary amides is 1. The van der Waals surface area contributed by atoms with E-state index in [-0.39, 0.29) is 23.6 Å². The molecule has 1 aliphatic rings. The minimum Gasteiger partial charge on any atom is -0.351 e. The van der Waals surface area contributed by atoms with Gasteiger partial charge in [0.2, 0.25) is 0 Å². The van der Waals surface area contributed by atoms with Crippen LogP contribution in [0.15, 0.2) is 24.3 Å². The number of nitrogens with two attached hydrogens (primary N) is 1. The lowest BCUT2D eigenvalue weighted by atomic mass is 10.0. The number of nitrogens with one attached hydrogen (secondary N) is 2. The Morgan fingerprint density at radius 3 is 2.33 bits per heavy atom. The van der Waals surface area contributed by atoms with E-state index in [1.54, 1.807) is 12.1 Å². The van der Waals surface area contributed by atoms with Crippen LogP contribution in [0.3, 0.4) is 0 Å². The molecule has 7 heteroatoms. The summed E-state index contributed by atoms with van der Waals surface area (Å²) in [6.07, 6.45) is 1.32. The standard InChI is InChI=1S/C14H21N3O3S/c1-10(16-13-6-8-21(19,20)9-7-13)11-2-4-12(5-3-11)17-14(15)18/h2-5,10,13,16H,6-9H2,1H3,(H3,15,17,18). The Hall–Kier alpha value is -1.60. The fraction of sp³-hybridized carbons (Fsp3) is 0.500. The lowest BCUT2D eigenvalue weighted by Crippen LogP contribution is -2.38. The van der Waals surface area contributed by atoms with Crippen LogP contribution in [0.5, 0.6) is 0 Å². The predicted octanol–water partition coefficient (Wildman–Crippen LogP) is 1.40. The zero-order valence-corrected chi connectivity index (χ0v) is 12.8. The molecule has 0 saturated carbocycles. The number of rotatable bonds is 4. The van der Waals surface area contributed by atoms with Gasteiger partial charge in [-0.3, -0.25) is 0 Å². The summed E-state index contributed by atoms with van der Waals surface area (Å²) < 4.78 is 22.8. The molecule has 1 fully saturated rings. The number of hydrogen-bond acceptors (Lipinski definition) is 4. The Morgan fingerprint density at radius 1 is 1.24 bits per heavy atom. The molecule has 0 radical (unpaired) electrons. The van der Waals surface area contributed by atoms with Crippen LogP contribution < -0.4 is 16.4 Å². The van der Waals surface area contributed by atoms with Gasteiger partial charge in [-0.2, -0.15) is 0 Å². The summed E-state index contributed by atoms with van der Waals surface area (Å²) in [5.74, 6) is 0.526. The molecule has 1 heterocycles. The van der Waals surface area contributed by atoms with E-state index < -0.39 is 15.9 Å². The molecule has 6 nitrogen and oxygen atoms in total. The van der Waals surface area contributed by atoms with Crippen molar-refractivity contribution in [3.8, 4) is 0 Å². The molecule has 21 heavy (non-hydrogen) atoms. The van der Waals surface area contributed by atoms with Gasteiger partial charge in [-0.15, -0.1) is 0 Å². The minimum absolute atomic E-state index is 0.124. The third kappa shape index (κ3) is 4.71. The van der Waals surface area contributed by atoms with E-state index >= 15 is 0 Å². The summed E-state index contributed by atoms with van der Waals surface area (Å²) in [5.41, 5.74) is 6.79. The molecule has 2 amide bonds. The number of amides is 2. The Morgan fingerprint density at radius 2 is 1.81 bits per heavy atom. The molecule has 1 atom stereocenters. The van der Waals surface area contributed by atoms with Crippen molar-refractivity contribution in [3.63, 3.8) is 0 Å². The molecule has 1 saturated heterocycles. The highest BCUT2D eigenvalue weighted by Crippen LogP contribution is 2.20. The van der Waals surface area contributed by atoms with E-state index in [0.29, 0.717) is 18.5 Å². The molecule has 4 N–H and O–H groups in total. The number of carbonyl (C=O) groups excluding carboxylic acids is 1. The maximum atomic E-state index is 11.4. The van der Waals surface area contributed by atoms with Crippen LogP contribution in [-0.4, -0.2) is 32.0 Å². The molecule has 116 valence electrons. The number of hydrogen-bond donors (Lipinski definition) is 3. The molecule has 1 aliphatic heterocycles. The monoisotopic (exact) mass is 311 g/mol. The minimum atomic E-state index is -2.83. The van der Waals surface area contributed by atoms with Crippen molar-refractivity contribution in [2.24, 2.45) is 5.73 Å². The molecule has 2 rings (SSSR count). The van der Waals surface area contributed by atoms with Gasteiger partial charge in [0.25, 0.3) is 0 Å². The zero-order chi connectivity index (χ0) is 15.5. The first-order valence-corrected chi connectivity index (χ1v) is 8.81. The summed E-state index contributed by atoms with van der Waals surface area (Å²) in [4.78, 5) is 10.8. The van der Waals surface area contributed by atoms with Crippen LogP contribution in [0.2, 0.25) is 0 Å². The number of urea groups is 1. The normalized spacial score (nSPS) is 19.9. The second-order valence-electron chi connectivity index (χ2n) is 5.43. The number of anilines is 1. The van der Waals surface area contributed by atoms with Crippen molar-refractivity contribution >= 4 is 21.6 Å². The first kappa shape index (κ1) is 15.8. The molecule has 0 aliphatic carbocycles. The second kappa shape index (κ2) is 6.44. The quantitative estimate of drug-likeness (QED) is 0.782. The molecule has 0 bridgehead atoms. The number of sulfone groups is 1. The van der Waals surface area contributed by atoms with Crippen molar-refractivity contribution < 1.29 is 13.2 Å². The van der Waals surface area contributed by atoms with Gasteiger partial charge in [0.05, 0.1) is 11.5 Å². The molecule has 1 aromatic carbocycles. The largest absolute Gasteiger partial charge is 0.351 e. The summed E-state index contributed by atoms with van der Waals surface area (Å²) >= 11 is 0. The van der Waals surface area contributed by atoms with Gasteiger partial charge in [0, 0.05) is 17.8 Å². The zero-order valence-electron chi connectivity index (χ0n) is 12.0. The van der Waals surface area contributed by atoms with Gasteiger partial charge in [0.1, 0.15) is 9.84 Å². The third-order valence-electron chi connectivity index (χ3n) is 3.72. The Kier molecular flexibility index (Phi) is 4.84. The highest BCUT2D eigenvalue weighted by atomic mass is 32.2. The maximum absolute atomic E-state index is 11.4. The van der Waals surface area contributed by atoms with Crippen LogP contribution in [0, 0.1) is 0 Å². The smallest absolute Gasteiger partial charge is 0.316 e. The van der Waals surface area contributed by atoms with Crippen LogP contribution in [-0.2, 0) is 9.84 Å². The van der Waals surface area contributed by atoms with Crippen LogP contribution in [0.4, 0.5) is 10.5 Å². The average molecular weight is 311 g/mol. The predicted molar refractivity (Wildman–Crippen MR) is 82.9 cm³/mol. The van der Waals surface area contributed by atoms with Gasteiger partial charge in [-0.25, -0.2) is 13.2 Å². The Bertz CT molecular complexity index is 584.